The fourth-order valence-electron chi connectivity index (χ4n) is 4.16. The van der Waals surface area contributed by atoms with Crippen molar-refractivity contribution in [3.8, 4) is 5.75 Å². The van der Waals surface area contributed by atoms with E-state index < -0.39 is 0 Å². The maximum Gasteiger partial charge on any atom is 0.375 e. The first-order chi connectivity index (χ1) is 17.2. The van der Waals surface area contributed by atoms with E-state index in [0.717, 1.165) is 80.5 Å². The Morgan fingerprint density at radius 3 is 2.49 bits per heavy atom. The summed E-state index contributed by atoms with van der Waals surface area (Å²) in [5, 5.41) is 3.40. The van der Waals surface area contributed by atoms with E-state index in [1.54, 1.807) is 0 Å². The van der Waals surface area contributed by atoms with Crippen LogP contribution in [0.1, 0.15) is 32.6 Å². The predicted octanol–water partition coefficient (Wildman–Crippen LogP) is 5.65. The number of ether oxygens (including phenoxy) is 1. The molecule has 184 valence electrons. The molecule has 0 atom stereocenters. The van der Waals surface area contributed by atoms with Crippen molar-refractivity contribution in [2.24, 2.45) is 0 Å². The van der Waals surface area contributed by atoms with Crippen molar-refractivity contribution >= 4 is 22.9 Å². The molecule has 1 aromatic heterocycles. The standard InChI is InChI=1S/C29H37N4O2/c1-4-16-30-25-10-6-8-12-27(25)34-24(3)14-18-31-20-22-32(23-21-31)19-15-29-33(17-5-2)26-11-7-9-13-28(26)35-29/h6-15,18-19,30H,3-5,16-17,20-23H2,1-2H3/q+1/b18-14+. The number of fused-ring (bicyclic) bond motifs is 1. The van der Waals surface area contributed by atoms with Gasteiger partial charge < -0.3 is 24.3 Å². The average Bonchev–Trinajstić information content (AvgIpc) is 3.24. The zero-order valence-corrected chi connectivity index (χ0v) is 21.0. The monoisotopic (exact) mass is 473 g/mol. The number of oxazole rings is 1. The molecule has 6 heteroatoms. The molecule has 1 aliphatic heterocycles. The van der Waals surface area contributed by atoms with Gasteiger partial charge >= 0.3 is 5.89 Å². The van der Waals surface area contributed by atoms with E-state index in [-0.39, 0.29) is 0 Å². The zero-order chi connectivity index (χ0) is 24.5. The van der Waals surface area contributed by atoms with Crippen LogP contribution in [0.2, 0.25) is 0 Å². The Bertz CT molecular complexity index is 1170. The number of piperazine rings is 1. The van der Waals surface area contributed by atoms with E-state index in [4.69, 9.17) is 9.15 Å². The molecule has 0 radical (unpaired) electrons. The molecule has 6 nitrogen and oxygen atoms in total. The number of nitrogens with one attached hydrogen (secondary N) is 1. The zero-order valence-electron chi connectivity index (χ0n) is 21.0. The lowest BCUT2D eigenvalue weighted by Crippen LogP contribution is -2.41. The highest BCUT2D eigenvalue weighted by molar-refractivity contribution is 5.69. The van der Waals surface area contributed by atoms with Crippen molar-refractivity contribution in [2.45, 2.75) is 33.2 Å². The van der Waals surface area contributed by atoms with Crippen LogP contribution in [0.15, 0.2) is 83.8 Å². The molecule has 0 bridgehead atoms. The van der Waals surface area contributed by atoms with E-state index in [9.17, 15) is 0 Å². The van der Waals surface area contributed by atoms with Crippen LogP contribution in [0.25, 0.3) is 17.2 Å². The molecule has 0 unspecified atom stereocenters. The first-order valence-electron chi connectivity index (χ1n) is 12.6. The number of aryl methyl sites for hydroxylation is 1. The summed E-state index contributed by atoms with van der Waals surface area (Å²) in [4.78, 5) is 4.65. The number of benzene rings is 2. The molecule has 0 spiro atoms. The Morgan fingerprint density at radius 2 is 1.71 bits per heavy atom. The van der Waals surface area contributed by atoms with Gasteiger partial charge in [-0.05, 0) is 30.7 Å². The van der Waals surface area contributed by atoms with Crippen LogP contribution in [0.4, 0.5) is 5.69 Å². The third kappa shape index (κ3) is 6.47. The first-order valence-corrected chi connectivity index (χ1v) is 12.6. The molecule has 1 N–H and O–H groups in total. The largest absolute Gasteiger partial charge is 0.456 e. The van der Waals surface area contributed by atoms with Gasteiger partial charge in [0.1, 0.15) is 11.5 Å². The summed E-state index contributed by atoms with van der Waals surface area (Å²) in [6.45, 7) is 14.1. The van der Waals surface area contributed by atoms with E-state index in [2.05, 4.69) is 70.7 Å². The molecule has 35 heavy (non-hydrogen) atoms. The minimum atomic E-state index is 0.628. The Labute approximate surface area is 208 Å². The lowest BCUT2D eigenvalue weighted by molar-refractivity contribution is -0.678. The first kappa shape index (κ1) is 24.5. The van der Waals surface area contributed by atoms with Gasteiger partial charge in [-0.15, -0.1) is 0 Å². The SMILES string of the molecule is C=C(/C=C/N1CCN(/C=C/c2oc3ccccc3[n+]2CCC)CC1)Oc1ccccc1NCCC. The predicted molar refractivity (Wildman–Crippen MR) is 143 cm³/mol. The second-order valence-corrected chi connectivity index (χ2v) is 8.75. The Kier molecular flexibility index (Phi) is 8.49. The van der Waals surface area contributed by atoms with Gasteiger partial charge in [-0.3, -0.25) is 0 Å². The molecule has 1 saturated heterocycles. The molecule has 0 saturated carbocycles. The topological polar surface area (TPSA) is 44.8 Å². The van der Waals surface area contributed by atoms with Gasteiger partial charge in [-0.1, -0.05) is 44.7 Å². The number of para-hydroxylation sites is 4. The van der Waals surface area contributed by atoms with Crippen molar-refractivity contribution in [1.82, 2.24) is 9.80 Å². The molecular formula is C29H37N4O2+. The third-order valence-electron chi connectivity index (χ3n) is 6.03. The smallest absolute Gasteiger partial charge is 0.375 e. The highest BCUT2D eigenvalue weighted by Crippen LogP contribution is 2.25. The number of aromatic nitrogens is 1. The highest BCUT2D eigenvalue weighted by Gasteiger charge is 2.20. The molecule has 2 aromatic carbocycles. The van der Waals surface area contributed by atoms with Crippen molar-refractivity contribution in [3.05, 3.63) is 85.2 Å². The van der Waals surface area contributed by atoms with Crippen LogP contribution < -0.4 is 14.6 Å². The van der Waals surface area contributed by atoms with Crippen molar-refractivity contribution in [2.75, 3.05) is 38.0 Å². The number of rotatable bonds is 11. The second-order valence-electron chi connectivity index (χ2n) is 8.75. The van der Waals surface area contributed by atoms with Crippen LogP contribution >= 0.6 is 0 Å². The summed E-state index contributed by atoms with van der Waals surface area (Å²) in [5.74, 6) is 2.33. The third-order valence-corrected chi connectivity index (χ3v) is 6.03. The molecule has 2 heterocycles. The minimum Gasteiger partial charge on any atom is -0.456 e. The summed E-state index contributed by atoms with van der Waals surface area (Å²) in [6, 6.07) is 16.2. The van der Waals surface area contributed by atoms with E-state index >= 15 is 0 Å². The van der Waals surface area contributed by atoms with Crippen LogP contribution in [-0.2, 0) is 6.54 Å². The van der Waals surface area contributed by atoms with E-state index in [0.29, 0.717) is 5.76 Å². The van der Waals surface area contributed by atoms with Crippen molar-refractivity contribution < 1.29 is 13.7 Å². The number of allylic oxidation sites excluding steroid dienone is 1. The fourth-order valence-corrected chi connectivity index (χ4v) is 4.16. The molecule has 1 fully saturated rings. The molecule has 1 aliphatic rings. The summed E-state index contributed by atoms with van der Waals surface area (Å²) < 4.78 is 14.4. The van der Waals surface area contributed by atoms with Crippen LogP contribution in [0.5, 0.6) is 5.75 Å². The van der Waals surface area contributed by atoms with Gasteiger partial charge in [-0.25, -0.2) is 0 Å². The van der Waals surface area contributed by atoms with Gasteiger partial charge in [0.25, 0.3) is 5.52 Å². The highest BCUT2D eigenvalue weighted by atomic mass is 16.5. The van der Waals surface area contributed by atoms with Gasteiger partial charge in [0.05, 0.1) is 11.8 Å². The number of hydrogen-bond donors (Lipinski definition) is 1. The molecule has 3 aromatic rings. The second kappa shape index (κ2) is 12.2. The van der Waals surface area contributed by atoms with Gasteiger partial charge in [0.15, 0.2) is 6.54 Å². The average molecular weight is 474 g/mol. The van der Waals surface area contributed by atoms with E-state index in [1.807, 2.05) is 42.5 Å². The molecular weight excluding hydrogens is 436 g/mol. The Balaban J connectivity index is 1.29. The van der Waals surface area contributed by atoms with Gasteiger partial charge in [0.2, 0.25) is 5.58 Å². The summed E-state index contributed by atoms with van der Waals surface area (Å²) in [5.41, 5.74) is 3.07. The number of nitrogens with zero attached hydrogens (tertiary/aromatic N) is 3. The number of hydrogen-bond acceptors (Lipinski definition) is 5. The fraction of sp³-hybridized carbons (Fsp3) is 0.345. The summed E-state index contributed by atoms with van der Waals surface area (Å²) >= 11 is 0. The maximum atomic E-state index is 6.11. The van der Waals surface area contributed by atoms with Crippen LogP contribution in [0.3, 0.4) is 0 Å². The molecule has 0 aliphatic carbocycles. The Morgan fingerprint density at radius 1 is 1.00 bits per heavy atom. The molecule has 4 rings (SSSR count). The van der Waals surface area contributed by atoms with Gasteiger partial charge in [0, 0.05) is 57.6 Å². The minimum absolute atomic E-state index is 0.628. The maximum absolute atomic E-state index is 6.11. The van der Waals surface area contributed by atoms with E-state index in [1.165, 1.54) is 0 Å². The summed E-state index contributed by atoms with van der Waals surface area (Å²) in [6.07, 6.45) is 10.4. The normalized spacial score (nSPS) is 14.3. The van der Waals surface area contributed by atoms with Crippen LogP contribution in [0, 0.1) is 0 Å². The van der Waals surface area contributed by atoms with Crippen LogP contribution in [-0.4, -0.2) is 42.5 Å². The summed E-state index contributed by atoms with van der Waals surface area (Å²) in [7, 11) is 0. The van der Waals surface area contributed by atoms with Crippen molar-refractivity contribution in [3.63, 3.8) is 0 Å². The molecule has 0 amide bonds. The lowest BCUT2D eigenvalue weighted by Gasteiger charge is -2.33. The quantitative estimate of drug-likeness (QED) is 0.222. The van der Waals surface area contributed by atoms with Crippen molar-refractivity contribution in [1.29, 1.82) is 0 Å². The number of anilines is 1. The lowest BCUT2D eigenvalue weighted by atomic mass is 10.3. The Hall–Kier alpha value is -3.67. The van der Waals surface area contributed by atoms with Gasteiger partial charge in [-0.2, -0.15) is 4.57 Å².